The summed E-state index contributed by atoms with van der Waals surface area (Å²) in [6.07, 6.45) is 25.8. The van der Waals surface area contributed by atoms with Crippen LogP contribution in [-0.2, 0) is 0 Å². The molecule has 1 heteroatoms. The Hall–Kier alpha value is -0.300. The van der Waals surface area contributed by atoms with Gasteiger partial charge in [0.1, 0.15) is 0 Å². The SMILES string of the molecule is CCCCCCCCCC=CCCCCCCCCNC. The van der Waals surface area contributed by atoms with Gasteiger partial charge in [0, 0.05) is 0 Å². The van der Waals surface area contributed by atoms with E-state index in [0.29, 0.717) is 0 Å². The Morgan fingerprint density at radius 3 is 1.48 bits per heavy atom. The van der Waals surface area contributed by atoms with E-state index < -0.39 is 0 Å². The molecule has 126 valence electrons. The summed E-state index contributed by atoms with van der Waals surface area (Å²) in [6.45, 7) is 3.47. The highest BCUT2D eigenvalue weighted by atomic mass is 14.8. The molecule has 0 aliphatic carbocycles. The van der Waals surface area contributed by atoms with Crippen LogP contribution in [0.25, 0.3) is 0 Å². The van der Waals surface area contributed by atoms with Gasteiger partial charge in [-0.2, -0.15) is 0 Å². The van der Waals surface area contributed by atoms with Crippen molar-refractivity contribution in [2.24, 2.45) is 0 Å². The summed E-state index contributed by atoms with van der Waals surface area (Å²) in [5.41, 5.74) is 0. The van der Waals surface area contributed by atoms with E-state index in [4.69, 9.17) is 0 Å². The first-order chi connectivity index (χ1) is 10.4. The Bertz CT molecular complexity index is 198. The van der Waals surface area contributed by atoms with E-state index >= 15 is 0 Å². The maximum absolute atomic E-state index is 3.21. The molecule has 0 unspecified atom stereocenters. The zero-order chi connectivity index (χ0) is 15.4. The van der Waals surface area contributed by atoms with E-state index in [0.717, 1.165) is 0 Å². The van der Waals surface area contributed by atoms with E-state index in [1.165, 1.54) is 103 Å². The average Bonchev–Trinajstić information content (AvgIpc) is 2.50. The standard InChI is InChI=1S/C20H41N/c1-3-4-5-6-7-8-9-10-11-12-13-14-15-16-17-18-19-20-21-2/h11-12,21H,3-10,13-20H2,1-2H3. The first-order valence-corrected chi connectivity index (χ1v) is 9.71. The Morgan fingerprint density at radius 1 is 0.571 bits per heavy atom. The summed E-state index contributed by atoms with van der Waals surface area (Å²) in [5.74, 6) is 0. The van der Waals surface area contributed by atoms with Gasteiger partial charge < -0.3 is 5.32 Å². The van der Waals surface area contributed by atoms with Crippen LogP contribution >= 0.6 is 0 Å². The second-order valence-electron chi connectivity index (χ2n) is 6.39. The highest BCUT2D eigenvalue weighted by molar-refractivity contribution is 4.81. The topological polar surface area (TPSA) is 12.0 Å². The Labute approximate surface area is 135 Å². The first kappa shape index (κ1) is 20.7. The maximum atomic E-state index is 3.21. The van der Waals surface area contributed by atoms with E-state index in [1.807, 2.05) is 7.05 Å². The lowest BCUT2D eigenvalue weighted by molar-refractivity contribution is 0.583. The van der Waals surface area contributed by atoms with Crippen LogP contribution in [0.15, 0.2) is 12.2 Å². The third-order valence-electron chi connectivity index (χ3n) is 4.19. The minimum absolute atomic E-state index is 1.18. The van der Waals surface area contributed by atoms with Crippen molar-refractivity contribution < 1.29 is 0 Å². The van der Waals surface area contributed by atoms with Crippen LogP contribution in [0.4, 0.5) is 0 Å². The number of rotatable bonds is 17. The van der Waals surface area contributed by atoms with Crippen molar-refractivity contribution in [3.05, 3.63) is 12.2 Å². The van der Waals surface area contributed by atoms with Gasteiger partial charge in [0.25, 0.3) is 0 Å². The van der Waals surface area contributed by atoms with E-state index in [2.05, 4.69) is 24.4 Å². The molecule has 21 heavy (non-hydrogen) atoms. The maximum Gasteiger partial charge on any atom is -0.00519 e. The van der Waals surface area contributed by atoms with Gasteiger partial charge in [-0.1, -0.05) is 83.3 Å². The second kappa shape index (κ2) is 19.7. The third-order valence-corrected chi connectivity index (χ3v) is 4.19. The molecule has 1 nitrogen and oxygen atoms in total. The third kappa shape index (κ3) is 19.7. The summed E-state index contributed by atoms with van der Waals surface area (Å²) in [7, 11) is 2.04. The molecule has 0 rings (SSSR count). The molecule has 0 heterocycles. The fourth-order valence-corrected chi connectivity index (χ4v) is 2.73. The smallest absolute Gasteiger partial charge is 0.00519 e. The summed E-state index contributed by atoms with van der Waals surface area (Å²) < 4.78 is 0. The summed E-state index contributed by atoms with van der Waals surface area (Å²) in [5, 5.41) is 3.21. The number of unbranched alkanes of at least 4 members (excludes halogenated alkanes) is 13. The fourth-order valence-electron chi connectivity index (χ4n) is 2.73. The van der Waals surface area contributed by atoms with Gasteiger partial charge >= 0.3 is 0 Å². The summed E-state index contributed by atoms with van der Waals surface area (Å²) >= 11 is 0. The fraction of sp³-hybridized carbons (Fsp3) is 0.900. The highest BCUT2D eigenvalue weighted by Crippen LogP contribution is 2.10. The molecule has 0 fully saturated rings. The van der Waals surface area contributed by atoms with Gasteiger partial charge in [0.05, 0.1) is 0 Å². The lowest BCUT2D eigenvalue weighted by Gasteiger charge is -2.00. The van der Waals surface area contributed by atoms with Crippen molar-refractivity contribution in [2.75, 3.05) is 13.6 Å². The average molecular weight is 296 g/mol. The minimum atomic E-state index is 1.18. The zero-order valence-electron chi connectivity index (χ0n) is 15.0. The molecule has 0 aromatic carbocycles. The lowest BCUT2D eigenvalue weighted by Crippen LogP contribution is -2.06. The quantitative estimate of drug-likeness (QED) is 0.234. The molecular weight excluding hydrogens is 254 g/mol. The second-order valence-corrected chi connectivity index (χ2v) is 6.39. The van der Waals surface area contributed by atoms with Crippen molar-refractivity contribution >= 4 is 0 Å². The minimum Gasteiger partial charge on any atom is -0.320 e. The van der Waals surface area contributed by atoms with Crippen LogP contribution in [0.2, 0.25) is 0 Å². The van der Waals surface area contributed by atoms with Crippen molar-refractivity contribution in [2.45, 2.75) is 103 Å². The van der Waals surface area contributed by atoms with Crippen molar-refractivity contribution in [1.82, 2.24) is 5.32 Å². The Morgan fingerprint density at radius 2 is 1.00 bits per heavy atom. The Balaban J connectivity index is 3.02. The molecule has 0 saturated heterocycles. The first-order valence-electron chi connectivity index (χ1n) is 9.71. The van der Waals surface area contributed by atoms with Crippen LogP contribution in [0, 0.1) is 0 Å². The van der Waals surface area contributed by atoms with Gasteiger partial charge in [-0.25, -0.2) is 0 Å². The lowest BCUT2D eigenvalue weighted by atomic mass is 10.1. The van der Waals surface area contributed by atoms with Crippen LogP contribution in [0.5, 0.6) is 0 Å². The molecule has 0 radical (unpaired) electrons. The molecule has 0 saturated carbocycles. The van der Waals surface area contributed by atoms with Crippen LogP contribution in [-0.4, -0.2) is 13.6 Å². The molecule has 0 spiro atoms. The predicted octanol–water partition coefficient (Wildman–Crippen LogP) is 6.63. The van der Waals surface area contributed by atoms with Crippen LogP contribution < -0.4 is 5.32 Å². The molecule has 0 aliphatic heterocycles. The number of nitrogens with one attached hydrogen (secondary N) is 1. The molecule has 1 N–H and O–H groups in total. The van der Waals surface area contributed by atoms with E-state index in [-0.39, 0.29) is 0 Å². The van der Waals surface area contributed by atoms with Crippen LogP contribution in [0.3, 0.4) is 0 Å². The molecule has 0 aromatic heterocycles. The molecule has 0 aliphatic rings. The zero-order valence-corrected chi connectivity index (χ0v) is 15.0. The van der Waals surface area contributed by atoms with Gasteiger partial charge in [-0.05, 0) is 45.7 Å². The molecule has 0 aromatic rings. The summed E-state index contributed by atoms with van der Waals surface area (Å²) in [6, 6.07) is 0. The predicted molar refractivity (Wildman–Crippen MR) is 98.0 cm³/mol. The van der Waals surface area contributed by atoms with E-state index in [9.17, 15) is 0 Å². The Kier molecular flexibility index (Phi) is 19.4. The van der Waals surface area contributed by atoms with Crippen molar-refractivity contribution in [3.8, 4) is 0 Å². The number of hydrogen-bond acceptors (Lipinski definition) is 1. The normalized spacial score (nSPS) is 11.5. The number of hydrogen-bond donors (Lipinski definition) is 1. The summed E-state index contributed by atoms with van der Waals surface area (Å²) in [4.78, 5) is 0. The molecule has 0 amide bonds. The van der Waals surface area contributed by atoms with Crippen LogP contribution in [0.1, 0.15) is 103 Å². The van der Waals surface area contributed by atoms with Gasteiger partial charge in [0.15, 0.2) is 0 Å². The molecular formula is C20H41N. The van der Waals surface area contributed by atoms with Crippen molar-refractivity contribution in [3.63, 3.8) is 0 Å². The van der Waals surface area contributed by atoms with Crippen molar-refractivity contribution in [1.29, 1.82) is 0 Å². The monoisotopic (exact) mass is 295 g/mol. The van der Waals surface area contributed by atoms with Gasteiger partial charge in [-0.15, -0.1) is 0 Å². The van der Waals surface area contributed by atoms with Gasteiger partial charge in [0.2, 0.25) is 0 Å². The molecule has 0 atom stereocenters. The van der Waals surface area contributed by atoms with Gasteiger partial charge in [-0.3, -0.25) is 0 Å². The molecule has 0 bridgehead atoms. The largest absolute Gasteiger partial charge is 0.320 e. The number of allylic oxidation sites excluding steroid dienone is 2. The van der Waals surface area contributed by atoms with E-state index in [1.54, 1.807) is 0 Å². The highest BCUT2D eigenvalue weighted by Gasteiger charge is 1.91.